The summed E-state index contributed by atoms with van der Waals surface area (Å²) in [4.78, 5) is 4.00. The van der Waals surface area contributed by atoms with Gasteiger partial charge in [0.25, 0.3) is 0 Å². The monoisotopic (exact) mass is 294 g/mol. The van der Waals surface area contributed by atoms with E-state index in [1.54, 1.807) is 18.5 Å². The molecule has 0 amide bonds. The van der Waals surface area contributed by atoms with E-state index in [0.29, 0.717) is 5.56 Å². The summed E-state index contributed by atoms with van der Waals surface area (Å²) in [6, 6.07) is 8.71. The molecular formula is C13H12BrFN2. The Morgan fingerprint density at radius 2 is 2.18 bits per heavy atom. The molecule has 1 N–H and O–H groups in total. The van der Waals surface area contributed by atoms with Gasteiger partial charge in [0.15, 0.2) is 0 Å². The van der Waals surface area contributed by atoms with Crippen molar-refractivity contribution < 1.29 is 4.39 Å². The van der Waals surface area contributed by atoms with Gasteiger partial charge in [-0.3, -0.25) is 4.98 Å². The predicted octanol–water partition coefficient (Wildman–Crippen LogP) is 4.16. The highest BCUT2D eigenvalue weighted by Gasteiger charge is 2.10. The summed E-state index contributed by atoms with van der Waals surface area (Å²) in [7, 11) is 0. The molecule has 88 valence electrons. The van der Waals surface area contributed by atoms with Crippen LogP contribution in [0, 0.1) is 5.82 Å². The Hall–Kier alpha value is -1.42. The minimum Gasteiger partial charge on any atom is -0.377 e. The molecule has 1 atom stereocenters. The van der Waals surface area contributed by atoms with Crippen LogP contribution in [0.25, 0.3) is 0 Å². The first-order valence-electron chi connectivity index (χ1n) is 5.28. The second-order valence-corrected chi connectivity index (χ2v) is 4.69. The Balaban J connectivity index is 2.17. The van der Waals surface area contributed by atoms with Crippen molar-refractivity contribution in [1.29, 1.82) is 0 Å². The summed E-state index contributed by atoms with van der Waals surface area (Å²) in [6.07, 6.45) is 3.42. The number of pyridine rings is 1. The van der Waals surface area contributed by atoms with Crippen LogP contribution >= 0.6 is 15.9 Å². The number of benzene rings is 1. The van der Waals surface area contributed by atoms with Gasteiger partial charge in [0.05, 0.1) is 11.7 Å². The first-order valence-corrected chi connectivity index (χ1v) is 6.07. The highest BCUT2D eigenvalue weighted by molar-refractivity contribution is 9.10. The van der Waals surface area contributed by atoms with E-state index < -0.39 is 0 Å². The summed E-state index contributed by atoms with van der Waals surface area (Å²) in [6.45, 7) is 1.92. The zero-order valence-electron chi connectivity index (χ0n) is 9.32. The molecule has 0 saturated heterocycles. The van der Waals surface area contributed by atoms with Crippen LogP contribution in [0.5, 0.6) is 0 Å². The van der Waals surface area contributed by atoms with Gasteiger partial charge < -0.3 is 5.32 Å². The number of halogens is 2. The third kappa shape index (κ3) is 3.03. The number of aromatic nitrogens is 1. The molecule has 0 fully saturated rings. The Kier molecular flexibility index (Phi) is 3.74. The highest BCUT2D eigenvalue weighted by atomic mass is 79.9. The van der Waals surface area contributed by atoms with Crippen molar-refractivity contribution in [2.45, 2.75) is 13.0 Å². The fraction of sp³-hybridized carbons (Fsp3) is 0.154. The SMILES string of the molecule is CC(Nc1cccnc1)c1ccc(Br)cc1F. The summed E-state index contributed by atoms with van der Waals surface area (Å²) in [5, 5.41) is 3.20. The van der Waals surface area contributed by atoms with Gasteiger partial charge >= 0.3 is 0 Å². The maximum atomic E-state index is 13.7. The lowest BCUT2D eigenvalue weighted by Gasteiger charge is -2.16. The molecule has 17 heavy (non-hydrogen) atoms. The lowest BCUT2D eigenvalue weighted by Crippen LogP contribution is -2.08. The van der Waals surface area contributed by atoms with Gasteiger partial charge in [-0.15, -0.1) is 0 Å². The third-order valence-corrected chi connectivity index (χ3v) is 2.97. The normalized spacial score (nSPS) is 12.2. The van der Waals surface area contributed by atoms with Crippen molar-refractivity contribution in [3.05, 3.63) is 58.6 Å². The summed E-state index contributed by atoms with van der Waals surface area (Å²) >= 11 is 3.24. The average Bonchev–Trinajstić information content (AvgIpc) is 2.30. The first-order chi connectivity index (χ1) is 8.16. The van der Waals surface area contributed by atoms with Crippen LogP contribution < -0.4 is 5.32 Å². The third-order valence-electron chi connectivity index (χ3n) is 2.47. The number of nitrogens with zero attached hydrogens (tertiary/aromatic N) is 1. The smallest absolute Gasteiger partial charge is 0.129 e. The molecule has 2 rings (SSSR count). The highest BCUT2D eigenvalue weighted by Crippen LogP contribution is 2.23. The lowest BCUT2D eigenvalue weighted by atomic mass is 10.1. The fourth-order valence-electron chi connectivity index (χ4n) is 1.63. The molecule has 0 radical (unpaired) electrons. The van der Waals surface area contributed by atoms with Crippen molar-refractivity contribution in [3.63, 3.8) is 0 Å². The molecule has 0 saturated carbocycles. The van der Waals surface area contributed by atoms with Crippen molar-refractivity contribution in [1.82, 2.24) is 4.98 Å². The summed E-state index contributed by atoms with van der Waals surface area (Å²) < 4.78 is 14.5. The van der Waals surface area contributed by atoms with Crippen LogP contribution in [0.1, 0.15) is 18.5 Å². The van der Waals surface area contributed by atoms with Crippen LogP contribution in [0.4, 0.5) is 10.1 Å². The van der Waals surface area contributed by atoms with E-state index >= 15 is 0 Å². The number of hydrogen-bond acceptors (Lipinski definition) is 2. The minimum atomic E-state index is -0.219. The predicted molar refractivity (Wildman–Crippen MR) is 70.4 cm³/mol. The molecule has 1 heterocycles. The minimum absolute atomic E-state index is 0.104. The standard InChI is InChI=1S/C13H12BrFN2/c1-9(17-11-3-2-6-16-8-11)12-5-4-10(14)7-13(12)15/h2-9,17H,1H3. The Morgan fingerprint density at radius 1 is 1.35 bits per heavy atom. The maximum Gasteiger partial charge on any atom is 0.129 e. The van der Waals surface area contributed by atoms with E-state index in [4.69, 9.17) is 0 Å². The van der Waals surface area contributed by atoms with Gasteiger partial charge in [-0.1, -0.05) is 22.0 Å². The van der Waals surface area contributed by atoms with Gasteiger partial charge in [0, 0.05) is 22.4 Å². The Bertz CT molecular complexity index is 502. The molecule has 4 heteroatoms. The largest absolute Gasteiger partial charge is 0.377 e. The molecule has 0 aliphatic heterocycles. The zero-order valence-corrected chi connectivity index (χ0v) is 10.9. The molecule has 0 bridgehead atoms. The molecule has 0 aliphatic carbocycles. The summed E-state index contributed by atoms with van der Waals surface area (Å²) in [5.41, 5.74) is 1.51. The molecule has 1 aromatic heterocycles. The van der Waals surface area contributed by atoms with E-state index in [1.165, 1.54) is 6.07 Å². The van der Waals surface area contributed by atoms with Gasteiger partial charge in [-0.2, -0.15) is 0 Å². The van der Waals surface area contributed by atoms with Gasteiger partial charge in [-0.05, 0) is 31.2 Å². The molecular weight excluding hydrogens is 283 g/mol. The van der Waals surface area contributed by atoms with E-state index in [2.05, 4.69) is 26.2 Å². The lowest BCUT2D eigenvalue weighted by molar-refractivity contribution is 0.599. The molecule has 2 aromatic rings. The number of nitrogens with one attached hydrogen (secondary N) is 1. The van der Waals surface area contributed by atoms with Crippen LogP contribution in [-0.2, 0) is 0 Å². The molecule has 1 aromatic carbocycles. The maximum absolute atomic E-state index is 13.7. The van der Waals surface area contributed by atoms with Crippen LogP contribution in [-0.4, -0.2) is 4.98 Å². The number of rotatable bonds is 3. The topological polar surface area (TPSA) is 24.9 Å². The van der Waals surface area contributed by atoms with E-state index in [1.807, 2.05) is 25.1 Å². The van der Waals surface area contributed by atoms with Crippen LogP contribution in [0.2, 0.25) is 0 Å². The molecule has 2 nitrogen and oxygen atoms in total. The first kappa shape index (κ1) is 12.0. The number of anilines is 1. The van der Waals surface area contributed by atoms with Crippen LogP contribution in [0.15, 0.2) is 47.2 Å². The Morgan fingerprint density at radius 3 is 2.82 bits per heavy atom. The second-order valence-electron chi connectivity index (χ2n) is 3.77. The second kappa shape index (κ2) is 5.27. The van der Waals surface area contributed by atoms with Crippen LogP contribution in [0.3, 0.4) is 0 Å². The zero-order chi connectivity index (χ0) is 12.3. The van der Waals surface area contributed by atoms with Crippen molar-refractivity contribution >= 4 is 21.6 Å². The fourth-order valence-corrected chi connectivity index (χ4v) is 1.96. The van der Waals surface area contributed by atoms with Gasteiger partial charge in [0.1, 0.15) is 5.82 Å². The molecule has 0 aliphatic rings. The van der Waals surface area contributed by atoms with Gasteiger partial charge in [-0.25, -0.2) is 4.39 Å². The Labute approximate surface area is 108 Å². The van der Waals surface area contributed by atoms with Crippen molar-refractivity contribution in [2.75, 3.05) is 5.32 Å². The van der Waals surface area contributed by atoms with Crippen molar-refractivity contribution in [3.8, 4) is 0 Å². The van der Waals surface area contributed by atoms with E-state index in [9.17, 15) is 4.39 Å². The molecule has 1 unspecified atom stereocenters. The quantitative estimate of drug-likeness (QED) is 0.919. The van der Waals surface area contributed by atoms with E-state index in [0.717, 1.165) is 10.2 Å². The van der Waals surface area contributed by atoms with E-state index in [-0.39, 0.29) is 11.9 Å². The summed E-state index contributed by atoms with van der Waals surface area (Å²) in [5.74, 6) is -0.219. The number of hydrogen-bond donors (Lipinski definition) is 1. The van der Waals surface area contributed by atoms with Gasteiger partial charge in [0.2, 0.25) is 0 Å². The molecule has 0 spiro atoms. The average molecular weight is 295 g/mol. The van der Waals surface area contributed by atoms with Crippen molar-refractivity contribution in [2.24, 2.45) is 0 Å².